The summed E-state index contributed by atoms with van der Waals surface area (Å²) in [6, 6.07) is 11.1. The van der Waals surface area contributed by atoms with Crippen molar-refractivity contribution in [2.24, 2.45) is 0 Å². The minimum Gasteiger partial charge on any atom is -0.375 e. The number of benzene rings is 2. The van der Waals surface area contributed by atoms with Crippen molar-refractivity contribution < 1.29 is 14.7 Å². The Morgan fingerprint density at radius 1 is 1.15 bits per heavy atom. The van der Waals surface area contributed by atoms with Crippen LogP contribution in [0.3, 0.4) is 0 Å². The standard InChI is InChI=1S/C21H20BrNO3/c1-23-18-9-8-16(22)11-17(18)21(26,20(23)25)12-19(24)15-7-6-13-4-2-3-5-14(13)10-15/h6-11,26H,2-5,12H2,1H3/t21-/m0/s1. The number of hydrogen-bond donors (Lipinski definition) is 1. The number of fused-ring (bicyclic) bond motifs is 2. The number of amides is 1. The van der Waals surface area contributed by atoms with E-state index in [1.807, 2.05) is 24.3 Å². The van der Waals surface area contributed by atoms with Gasteiger partial charge in [0.2, 0.25) is 0 Å². The van der Waals surface area contributed by atoms with Gasteiger partial charge < -0.3 is 10.0 Å². The molecule has 0 radical (unpaired) electrons. The zero-order valence-corrected chi connectivity index (χ0v) is 16.2. The van der Waals surface area contributed by atoms with Crippen molar-refractivity contribution in [3.63, 3.8) is 0 Å². The summed E-state index contributed by atoms with van der Waals surface area (Å²) in [6.45, 7) is 0. The second-order valence-corrected chi connectivity index (χ2v) is 8.09. The molecule has 1 N–H and O–H groups in total. The van der Waals surface area contributed by atoms with Crippen molar-refractivity contribution in [1.29, 1.82) is 0 Å². The number of ketones is 1. The average molecular weight is 414 g/mol. The summed E-state index contributed by atoms with van der Waals surface area (Å²) >= 11 is 3.38. The number of carbonyl (C=O) groups is 2. The van der Waals surface area contributed by atoms with Crippen LogP contribution in [0.1, 0.15) is 46.3 Å². The lowest BCUT2D eigenvalue weighted by atomic mass is 9.85. The zero-order chi connectivity index (χ0) is 18.5. The van der Waals surface area contributed by atoms with Crippen LogP contribution in [0.25, 0.3) is 0 Å². The molecule has 1 heterocycles. The SMILES string of the molecule is CN1C(=O)[C@](O)(CC(=O)c2ccc3c(c2)CCCC3)c2cc(Br)ccc21. The molecule has 0 unspecified atom stereocenters. The van der Waals surface area contributed by atoms with E-state index in [0.29, 0.717) is 16.8 Å². The van der Waals surface area contributed by atoms with Crippen LogP contribution in [0.15, 0.2) is 40.9 Å². The number of hydrogen-bond acceptors (Lipinski definition) is 3. The molecule has 0 bridgehead atoms. The first-order valence-corrected chi connectivity index (χ1v) is 9.65. The summed E-state index contributed by atoms with van der Waals surface area (Å²) in [6.07, 6.45) is 4.11. The number of aryl methyl sites for hydroxylation is 2. The number of aliphatic hydroxyl groups is 1. The van der Waals surface area contributed by atoms with Gasteiger partial charge in [0.1, 0.15) is 0 Å². The molecule has 26 heavy (non-hydrogen) atoms. The highest BCUT2D eigenvalue weighted by Crippen LogP contribution is 2.43. The maximum atomic E-state index is 12.9. The Labute approximate surface area is 161 Å². The molecule has 2 aromatic carbocycles. The predicted octanol–water partition coefficient (Wildman–Crippen LogP) is 3.76. The third-order valence-electron chi connectivity index (χ3n) is 5.51. The summed E-state index contributed by atoms with van der Waals surface area (Å²) < 4.78 is 0.763. The van der Waals surface area contributed by atoms with Crippen LogP contribution in [0, 0.1) is 0 Å². The lowest BCUT2D eigenvalue weighted by molar-refractivity contribution is -0.135. The quantitative estimate of drug-likeness (QED) is 0.779. The van der Waals surface area contributed by atoms with E-state index in [9.17, 15) is 14.7 Å². The maximum Gasteiger partial charge on any atom is 0.263 e. The number of carbonyl (C=O) groups excluding carboxylic acids is 2. The van der Waals surface area contributed by atoms with Crippen LogP contribution in [0.2, 0.25) is 0 Å². The summed E-state index contributed by atoms with van der Waals surface area (Å²) in [5.41, 5.74) is 2.38. The van der Waals surface area contributed by atoms with Crippen molar-refractivity contribution >= 4 is 33.3 Å². The summed E-state index contributed by atoms with van der Waals surface area (Å²) in [5.74, 6) is -0.674. The first kappa shape index (κ1) is 17.4. The molecule has 0 fully saturated rings. The van der Waals surface area contributed by atoms with Crippen molar-refractivity contribution in [3.8, 4) is 0 Å². The highest BCUT2D eigenvalue weighted by molar-refractivity contribution is 9.10. The third kappa shape index (κ3) is 2.70. The number of likely N-dealkylation sites (N-methyl/N-ethyl adjacent to an activating group) is 1. The Morgan fingerprint density at radius 3 is 2.65 bits per heavy atom. The molecule has 5 heteroatoms. The molecular formula is C21H20BrNO3. The molecular weight excluding hydrogens is 394 g/mol. The molecule has 4 nitrogen and oxygen atoms in total. The van der Waals surface area contributed by atoms with Crippen molar-refractivity contribution in [2.45, 2.75) is 37.7 Å². The topological polar surface area (TPSA) is 57.6 Å². The van der Waals surface area contributed by atoms with E-state index in [-0.39, 0.29) is 12.2 Å². The number of Topliss-reactive ketones (excluding diaryl/α,β-unsaturated/α-hetero) is 1. The zero-order valence-electron chi connectivity index (χ0n) is 14.6. The average Bonchev–Trinajstić information content (AvgIpc) is 2.82. The lowest BCUT2D eigenvalue weighted by Gasteiger charge is -2.22. The van der Waals surface area contributed by atoms with Crippen molar-refractivity contribution in [1.82, 2.24) is 0 Å². The van der Waals surface area contributed by atoms with Crippen molar-refractivity contribution in [2.75, 3.05) is 11.9 Å². The Balaban J connectivity index is 1.67. The third-order valence-corrected chi connectivity index (χ3v) is 6.00. The highest BCUT2D eigenvalue weighted by Gasteiger charge is 2.49. The first-order chi connectivity index (χ1) is 12.4. The van der Waals surface area contributed by atoms with Crippen LogP contribution < -0.4 is 4.90 Å². The van der Waals surface area contributed by atoms with Gasteiger partial charge in [0.25, 0.3) is 5.91 Å². The summed E-state index contributed by atoms with van der Waals surface area (Å²) in [4.78, 5) is 27.0. The molecule has 1 amide bonds. The maximum absolute atomic E-state index is 12.9. The van der Waals surface area contributed by atoms with E-state index in [0.717, 1.165) is 23.7 Å². The Bertz CT molecular complexity index is 923. The van der Waals surface area contributed by atoms with E-state index in [4.69, 9.17) is 0 Å². The summed E-state index contributed by atoms with van der Waals surface area (Å²) in [5, 5.41) is 11.1. The van der Waals surface area contributed by atoms with Gasteiger partial charge in [-0.1, -0.05) is 28.1 Å². The molecule has 1 aliphatic carbocycles. The van der Waals surface area contributed by atoms with Crippen LogP contribution in [0.5, 0.6) is 0 Å². The number of anilines is 1. The Hall–Kier alpha value is -1.98. The molecule has 0 aromatic heterocycles. The Kier molecular flexibility index (Phi) is 4.24. The molecule has 0 spiro atoms. The molecule has 0 saturated heterocycles. The van der Waals surface area contributed by atoms with Gasteiger partial charge in [-0.25, -0.2) is 0 Å². The first-order valence-electron chi connectivity index (χ1n) is 8.86. The van der Waals surface area contributed by atoms with Gasteiger partial charge >= 0.3 is 0 Å². The van der Waals surface area contributed by atoms with Crippen LogP contribution in [-0.2, 0) is 23.2 Å². The monoisotopic (exact) mass is 413 g/mol. The van der Waals surface area contributed by atoms with E-state index in [2.05, 4.69) is 15.9 Å². The van der Waals surface area contributed by atoms with Gasteiger partial charge in [0.15, 0.2) is 11.4 Å². The normalized spacial score (nSPS) is 21.5. The van der Waals surface area contributed by atoms with Gasteiger partial charge in [0.05, 0.1) is 12.1 Å². The second-order valence-electron chi connectivity index (χ2n) is 7.18. The molecule has 0 saturated carbocycles. The molecule has 1 aliphatic heterocycles. The van der Waals surface area contributed by atoms with Gasteiger partial charge in [-0.05, 0) is 61.1 Å². The number of halogens is 1. The van der Waals surface area contributed by atoms with Crippen LogP contribution in [0.4, 0.5) is 5.69 Å². The molecule has 1 atom stereocenters. The highest BCUT2D eigenvalue weighted by atomic mass is 79.9. The largest absolute Gasteiger partial charge is 0.375 e. The minimum absolute atomic E-state index is 0.213. The van der Waals surface area contributed by atoms with Crippen molar-refractivity contribution in [3.05, 3.63) is 63.1 Å². The molecule has 4 rings (SSSR count). The fourth-order valence-electron chi connectivity index (χ4n) is 4.05. The number of rotatable bonds is 3. The molecule has 2 aliphatic rings. The minimum atomic E-state index is -1.82. The van der Waals surface area contributed by atoms with Gasteiger partial charge in [-0.2, -0.15) is 0 Å². The van der Waals surface area contributed by atoms with E-state index < -0.39 is 11.5 Å². The lowest BCUT2D eigenvalue weighted by Crippen LogP contribution is -2.40. The smallest absolute Gasteiger partial charge is 0.263 e. The second kappa shape index (κ2) is 6.32. The molecule has 134 valence electrons. The van der Waals surface area contributed by atoms with E-state index in [1.165, 1.54) is 22.4 Å². The number of nitrogens with zero attached hydrogens (tertiary/aromatic N) is 1. The van der Waals surface area contributed by atoms with Gasteiger partial charge in [-0.15, -0.1) is 0 Å². The Morgan fingerprint density at radius 2 is 1.88 bits per heavy atom. The summed E-state index contributed by atoms with van der Waals surface area (Å²) in [7, 11) is 1.62. The van der Waals surface area contributed by atoms with Crippen LogP contribution >= 0.6 is 15.9 Å². The fraction of sp³-hybridized carbons (Fsp3) is 0.333. The van der Waals surface area contributed by atoms with E-state index in [1.54, 1.807) is 19.2 Å². The predicted molar refractivity (Wildman–Crippen MR) is 103 cm³/mol. The van der Waals surface area contributed by atoms with Gasteiger partial charge in [0, 0.05) is 22.6 Å². The molecule has 2 aromatic rings. The van der Waals surface area contributed by atoms with Gasteiger partial charge in [-0.3, -0.25) is 9.59 Å². The van der Waals surface area contributed by atoms with E-state index >= 15 is 0 Å². The van der Waals surface area contributed by atoms with Crippen LogP contribution in [-0.4, -0.2) is 23.8 Å². The fourth-order valence-corrected chi connectivity index (χ4v) is 4.41.